The minimum Gasteiger partial charge on any atom is -0.265 e. The summed E-state index contributed by atoms with van der Waals surface area (Å²) >= 11 is 0. The van der Waals surface area contributed by atoms with Crippen LogP contribution >= 0.6 is 0 Å². The second-order valence-corrected chi connectivity index (χ2v) is 3.03. The monoisotopic (exact) mass is 173 g/mol. The second-order valence-electron chi connectivity index (χ2n) is 3.03. The highest BCUT2D eigenvalue weighted by Gasteiger charge is 2.06. The van der Waals surface area contributed by atoms with Crippen molar-refractivity contribution in [2.75, 3.05) is 0 Å². The van der Waals surface area contributed by atoms with Gasteiger partial charge in [-0.05, 0) is 36.5 Å². The fraction of sp³-hybridized carbons (Fsp3) is 0.250. The molecule has 1 rings (SSSR count). The molecule has 1 heteroatoms. The van der Waals surface area contributed by atoms with Gasteiger partial charge in [0, 0.05) is 12.4 Å². The van der Waals surface area contributed by atoms with Crippen LogP contribution in [0.4, 0.5) is 0 Å². The Hall–Kier alpha value is -1.37. The van der Waals surface area contributed by atoms with E-state index in [-0.39, 0.29) is 0 Å². The average molecular weight is 173 g/mol. The van der Waals surface area contributed by atoms with Crippen molar-refractivity contribution in [3.8, 4) is 0 Å². The van der Waals surface area contributed by atoms with Crippen LogP contribution in [0.1, 0.15) is 24.3 Å². The lowest BCUT2D eigenvalue weighted by molar-refractivity contribution is 0.712. The molecule has 0 amide bonds. The van der Waals surface area contributed by atoms with Crippen molar-refractivity contribution < 1.29 is 0 Å². The maximum atomic E-state index is 4.00. The third kappa shape index (κ3) is 2.86. The van der Waals surface area contributed by atoms with Crippen molar-refractivity contribution in [3.05, 3.63) is 55.4 Å². The van der Waals surface area contributed by atoms with E-state index in [0.29, 0.717) is 5.92 Å². The van der Waals surface area contributed by atoms with Crippen molar-refractivity contribution >= 4 is 0 Å². The highest BCUT2D eigenvalue weighted by Crippen LogP contribution is 2.23. The van der Waals surface area contributed by atoms with E-state index >= 15 is 0 Å². The third-order valence-corrected chi connectivity index (χ3v) is 2.08. The van der Waals surface area contributed by atoms with Gasteiger partial charge < -0.3 is 0 Å². The molecule has 0 aliphatic carbocycles. The molecule has 13 heavy (non-hydrogen) atoms. The van der Waals surface area contributed by atoms with Gasteiger partial charge >= 0.3 is 0 Å². The lowest BCUT2D eigenvalue weighted by Crippen LogP contribution is -1.95. The van der Waals surface area contributed by atoms with Crippen molar-refractivity contribution in [2.45, 2.75) is 18.8 Å². The zero-order chi connectivity index (χ0) is 9.52. The van der Waals surface area contributed by atoms with Gasteiger partial charge in [0.25, 0.3) is 0 Å². The van der Waals surface area contributed by atoms with E-state index in [1.165, 1.54) is 5.56 Å². The van der Waals surface area contributed by atoms with Crippen LogP contribution in [-0.2, 0) is 0 Å². The summed E-state index contributed by atoms with van der Waals surface area (Å²) in [6, 6.07) is 4.11. The van der Waals surface area contributed by atoms with E-state index in [0.717, 1.165) is 12.8 Å². The first-order valence-corrected chi connectivity index (χ1v) is 4.50. The van der Waals surface area contributed by atoms with Crippen LogP contribution in [0.5, 0.6) is 0 Å². The molecule has 0 N–H and O–H groups in total. The molecule has 68 valence electrons. The summed E-state index contributed by atoms with van der Waals surface area (Å²) in [5.41, 5.74) is 1.31. The Kier molecular flexibility index (Phi) is 3.97. The number of nitrogens with zero attached hydrogens (tertiary/aromatic N) is 1. The molecular formula is C12H15N. The number of aromatic nitrogens is 1. The predicted molar refractivity (Wildman–Crippen MR) is 56.6 cm³/mol. The summed E-state index contributed by atoms with van der Waals surface area (Å²) in [5.74, 6) is 0.512. The van der Waals surface area contributed by atoms with Gasteiger partial charge in [-0.1, -0.05) is 12.2 Å². The van der Waals surface area contributed by atoms with Crippen molar-refractivity contribution in [1.82, 2.24) is 4.98 Å². The number of hydrogen-bond donors (Lipinski definition) is 0. The zero-order valence-corrected chi connectivity index (χ0v) is 7.82. The smallest absolute Gasteiger partial charge is 0.0270 e. The Morgan fingerprint density at radius 1 is 1.15 bits per heavy atom. The Labute approximate surface area is 79.8 Å². The standard InChI is InChI=1S/C12H15N/c1-3-5-11(6-4-2)12-7-9-13-10-8-12/h3-4,7-11H,1-2,5-6H2. The molecule has 0 atom stereocenters. The Balaban J connectivity index is 2.75. The summed E-state index contributed by atoms with van der Waals surface area (Å²) in [7, 11) is 0. The molecular weight excluding hydrogens is 158 g/mol. The van der Waals surface area contributed by atoms with E-state index in [9.17, 15) is 0 Å². The Morgan fingerprint density at radius 3 is 2.15 bits per heavy atom. The molecule has 1 heterocycles. The van der Waals surface area contributed by atoms with E-state index in [1.807, 2.05) is 24.5 Å². The van der Waals surface area contributed by atoms with Gasteiger partial charge in [0.15, 0.2) is 0 Å². The molecule has 0 fully saturated rings. The minimum atomic E-state index is 0.512. The summed E-state index contributed by atoms with van der Waals surface area (Å²) in [5, 5.41) is 0. The molecule has 1 aromatic rings. The fourth-order valence-electron chi connectivity index (χ4n) is 1.41. The highest BCUT2D eigenvalue weighted by atomic mass is 14.6. The van der Waals surface area contributed by atoms with Gasteiger partial charge in [0.05, 0.1) is 0 Å². The number of rotatable bonds is 5. The van der Waals surface area contributed by atoms with Crippen LogP contribution in [-0.4, -0.2) is 4.98 Å². The van der Waals surface area contributed by atoms with Crippen LogP contribution in [0.2, 0.25) is 0 Å². The van der Waals surface area contributed by atoms with Gasteiger partial charge in [-0.25, -0.2) is 0 Å². The van der Waals surface area contributed by atoms with E-state index in [2.05, 4.69) is 30.3 Å². The van der Waals surface area contributed by atoms with Gasteiger partial charge in [-0.3, -0.25) is 4.98 Å². The first-order valence-electron chi connectivity index (χ1n) is 4.50. The molecule has 0 saturated carbocycles. The predicted octanol–water partition coefficient (Wildman–Crippen LogP) is 3.32. The molecule has 0 spiro atoms. The van der Waals surface area contributed by atoms with Crippen LogP contribution in [0.3, 0.4) is 0 Å². The SMILES string of the molecule is C=CCC(CC=C)c1ccncc1. The van der Waals surface area contributed by atoms with Crippen LogP contribution in [0, 0.1) is 0 Å². The molecule has 0 bridgehead atoms. The Morgan fingerprint density at radius 2 is 1.69 bits per heavy atom. The number of allylic oxidation sites excluding steroid dienone is 2. The van der Waals surface area contributed by atoms with Gasteiger partial charge in [0.2, 0.25) is 0 Å². The zero-order valence-electron chi connectivity index (χ0n) is 7.82. The maximum absolute atomic E-state index is 4.00. The molecule has 0 unspecified atom stereocenters. The van der Waals surface area contributed by atoms with E-state index in [1.54, 1.807) is 0 Å². The normalized spacial score (nSPS) is 9.92. The topological polar surface area (TPSA) is 12.9 Å². The highest BCUT2D eigenvalue weighted by molar-refractivity contribution is 5.17. The van der Waals surface area contributed by atoms with Crippen LogP contribution < -0.4 is 0 Å². The largest absolute Gasteiger partial charge is 0.265 e. The van der Waals surface area contributed by atoms with Gasteiger partial charge in [0.1, 0.15) is 0 Å². The fourth-order valence-corrected chi connectivity index (χ4v) is 1.41. The lowest BCUT2D eigenvalue weighted by Gasteiger charge is -2.12. The third-order valence-electron chi connectivity index (χ3n) is 2.08. The average Bonchev–Trinajstić information content (AvgIpc) is 2.19. The number of hydrogen-bond acceptors (Lipinski definition) is 1. The maximum Gasteiger partial charge on any atom is 0.0270 e. The van der Waals surface area contributed by atoms with Crippen LogP contribution in [0.15, 0.2) is 49.8 Å². The van der Waals surface area contributed by atoms with Gasteiger partial charge in [-0.15, -0.1) is 13.2 Å². The molecule has 0 aliphatic heterocycles. The summed E-state index contributed by atoms with van der Waals surface area (Å²) in [6.07, 6.45) is 9.55. The van der Waals surface area contributed by atoms with Crippen molar-refractivity contribution in [3.63, 3.8) is 0 Å². The summed E-state index contributed by atoms with van der Waals surface area (Å²) < 4.78 is 0. The second kappa shape index (κ2) is 5.31. The molecule has 0 saturated heterocycles. The summed E-state index contributed by atoms with van der Waals surface area (Å²) in [6.45, 7) is 7.52. The molecule has 0 aromatic carbocycles. The molecule has 1 nitrogen and oxygen atoms in total. The lowest BCUT2D eigenvalue weighted by atomic mass is 9.93. The van der Waals surface area contributed by atoms with Crippen molar-refractivity contribution in [2.24, 2.45) is 0 Å². The first kappa shape index (κ1) is 9.72. The van der Waals surface area contributed by atoms with Gasteiger partial charge in [-0.2, -0.15) is 0 Å². The molecule has 1 aromatic heterocycles. The summed E-state index contributed by atoms with van der Waals surface area (Å²) in [4.78, 5) is 4.00. The molecule has 0 aliphatic rings. The first-order chi connectivity index (χ1) is 6.38. The number of pyridine rings is 1. The van der Waals surface area contributed by atoms with Crippen molar-refractivity contribution in [1.29, 1.82) is 0 Å². The van der Waals surface area contributed by atoms with Crippen LogP contribution in [0.25, 0.3) is 0 Å². The minimum absolute atomic E-state index is 0.512. The molecule has 0 radical (unpaired) electrons. The van der Waals surface area contributed by atoms with E-state index in [4.69, 9.17) is 0 Å². The quantitative estimate of drug-likeness (QED) is 0.622. The van der Waals surface area contributed by atoms with E-state index < -0.39 is 0 Å². The Bertz CT molecular complexity index is 254.